The summed E-state index contributed by atoms with van der Waals surface area (Å²) in [4.78, 5) is 22.5. The van der Waals surface area contributed by atoms with Crippen LogP contribution in [0.2, 0.25) is 0 Å². The zero-order valence-corrected chi connectivity index (χ0v) is 36.1. The Labute approximate surface area is 333 Å². The van der Waals surface area contributed by atoms with E-state index in [1.165, 1.54) is 135 Å². The fraction of sp³-hybridized carbons (Fsp3) is 0.844. The molecule has 0 fully saturated rings. The number of carbonyl (C=O) groups is 1. The standard InChI is InChI=1S/C45H86NO7P/c1-3-5-7-9-11-13-15-17-18-19-20-21-22-23-24-25-27-29-31-33-35-37-40-50-42-44(43-52-54(48,49)51-41-39-46)53-45(47)38-36-34-32-30-28-26-16-14-12-10-8-6-4-2/h14-17,19-20,44H,3-13,18,21-43,46H2,1-2H3,(H,48,49)/b16-14-,17-15-,20-19-. The first kappa shape index (κ1) is 52.7. The maximum atomic E-state index is 12.6. The molecule has 0 aromatic rings. The molecule has 0 aliphatic rings. The van der Waals surface area contributed by atoms with Crippen molar-refractivity contribution < 1.29 is 32.8 Å². The number of allylic oxidation sites excluding steroid dienone is 6. The van der Waals surface area contributed by atoms with E-state index in [0.29, 0.717) is 13.0 Å². The molecule has 2 atom stereocenters. The number of hydrogen-bond acceptors (Lipinski definition) is 7. The minimum atomic E-state index is -4.28. The van der Waals surface area contributed by atoms with Crippen molar-refractivity contribution in [2.24, 2.45) is 5.73 Å². The molecule has 318 valence electrons. The summed E-state index contributed by atoms with van der Waals surface area (Å²) in [7, 11) is -4.28. The molecular formula is C45H86NO7P. The molecular weight excluding hydrogens is 697 g/mol. The summed E-state index contributed by atoms with van der Waals surface area (Å²) >= 11 is 0. The highest BCUT2D eigenvalue weighted by molar-refractivity contribution is 7.47. The van der Waals surface area contributed by atoms with Crippen LogP contribution in [0, 0.1) is 0 Å². The van der Waals surface area contributed by atoms with Crippen molar-refractivity contribution in [3.63, 3.8) is 0 Å². The third-order valence-electron chi connectivity index (χ3n) is 9.53. The average molecular weight is 784 g/mol. The van der Waals surface area contributed by atoms with Crippen LogP contribution in [0.1, 0.15) is 206 Å². The number of unbranched alkanes of at least 4 members (excludes halogenated alkanes) is 24. The first-order chi connectivity index (χ1) is 26.4. The number of rotatable bonds is 43. The number of carbonyl (C=O) groups excluding carboxylic acids is 1. The van der Waals surface area contributed by atoms with E-state index in [-0.39, 0.29) is 32.3 Å². The second kappa shape index (κ2) is 42.9. The highest BCUT2D eigenvalue weighted by atomic mass is 31.2. The highest BCUT2D eigenvalue weighted by Crippen LogP contribution is 2.43. The fourth-order valence-corrected chi connectivity index (χ4v) is 6.96. The Morgan fingerprint density at radius 1 is 0.556 bits per heavy atom. The normalized spacial score (nSPS) is 13.8. The first-order valence-electron chi connectivity index (χ1n) is 22.5. The molecule has 0 spiro atoms. The van der Waals surface area contributed by atoms with Gasteiger partial charge in [0, 0.05) is 19.6 Å². The molecule has 2 unspecified atom stereocenters. The molecule has 0 aliphatic heterocycles. The minimum absolute atomic E-state index is 0.0975. The van der Waals surface area contributed by atoms with E-state index in [2.05, 4.69) is 50.3 Å². The Hall–Kier alpha value is -1.28. The van der Waals surface area contributed by atoms with Crippen molar-refractivity contribution in [2.45, 2.75) is 213 Å². The summed E-state index contributed by atoms with van der Waals surface area (Å²) in [5.41, 5.74) is 5.37. The van der Waals surface area contributed by atoms with Gasteiger partial charge in [0.2, 0.25) is 0 Å². The molecule has 9 heteroatoms. The smallest absolute Gasteiger partial charge is 0.457 e. The Morgan fingerprint density at radius 3 is 1.48 bits per heavy atom. The van der Waals surface area contributed by atoms with Gasteiger partial charge in [0.1, 0.15) is 6.10 Å². The summed E-state index contributed by atoms with van der Waals surface area (Å²) in [5, 5.41) is 0. The Kier molecular flexibility index (Phi) is 41.8. The Balaban J connectivity index is 3.97. The molecule has 0 aromatic heterocycles. The van der Waals surface area contributed by atoms with Gasteiger partial charge in [-0.2, -0.15) is 0 Å². The summed E-state index contributed by atoms with van der Waals surface area (Å²) in [6, 6.07) is 0. The average Bonchev–Trinajstić information content (AvgIpc) is 3.16. The lowest BCUT2D eigenvalue weighted by Crippen LogP contribution is -2.28. The lowest BCUT2D eigenvalue weighted by molar-refractivity contribution is -0.154. The van der Waals surface area contributed by atoms with Gasteiger partial charge in [0.05, 0.1) is 19.8 Å². The van der Waals surface area contributed by atoms with Crippen molar-refractivity contribution in [2.75, 3.05) is 33.0 Å². The molecule has 0 bridgehead atoms. The second-order valence-electron chi connectivity index (χ2n) is 14.9. The Bertz CT molecular complexity index is 926. The van der Waals surface area contributed by atoms with Crippen molar-refractivity contribution >= 4 is 13.8 Å². The van der Waals surface area contributed by atoms with Gasteiger partial charge >= 0.3 is 13.8 Å². The third kappa shape index (κ3) is 41.9. The molecule has 0 saturated heterocycles. The molecule has 8 nitrogen and oxygen atoms in total. The molecule has 0 aliphatic carbocycles. The van der Waals surface area contributed by atoms with E-state index in [0.717, 1.165) is 51.4 Å². The van der Waals surface area contributed by atoms with Gasteiger partial charge in [-0.25, -0.2) is 4.57 Å². The van der Waals surface area contributed by atoms with Crippen molar-refractivity contribution in [1.82, 2.24) is 0 Å². The third-order valence-corrected chi connectivity index (χ3v) is 10.5. The summed E-state index contributed by atoms with van der Waals surface area (Å²) in [6.45, 7) is 4.89. The van der Waals surface area contributed by atoms with Gasteiger partial charge in [0.25, 0.3) is 0 Å². The van der Waals surface area contributed by atoms with E-state index in [4.69, 9.17) is 24.3 Å². The number of esters is 1. The SMILES string of the molecule is CCCCCC/C=C\CCCCCCCC(=O)OC(COCCCCCCCCCCCC/C=C\C/C=C\CCCCCCC)COP(=O)(O)OCCN. The lowest BCUT2D eigenvalue weighted by Gasteiger charge is -2.20. The first-order valence-corrected chi connectivity index (χ1v) is 24.0. The van der Waals surface area contributed by atoms with Gasteiger partial charge < -0.3 is 20.1 Å². The van der Waals surface area contributed by atoms with E-state index in [9.17, 15) is 14.3 Å². The fourth-order valence-electron chi connectivity index (χ4n) is 6.20. The van der Waals surface area contributed by atoms with E-state index in [1.54, 1.807) is 0 Å². The largest absolute Gasteiger partial charge is 0.472 e. The predicted octanol–water partition coefficient (Wildman–Crippen LogP) is 13.4. The van der Waals surface area contributed by atoms with Crippen LogP contribution in [0.15, 0.2) is 36.5 Å². The monoisotopic (exact) mass is 784 g/mol. The van der Waals surface area contributed by atoms with Crippen molar-refractivity contribution in [3.8, 4) is 0 Å². The van der Waals surface area contributed by atoms with Crippen LogP contribution in [0.4, 0.5) is 0 Å². The summed E-state index contributed by atoms with van der Waals surface area (Å²) < 4.78 is 33.4. The van der Waals surface area contributed by atoms with E-state index >= 15 is 0 Å². The van der Waals surface area contributed by atoms with Crippen molar-refractivity contribution in [1.29, 1.82) is 0 Å². The quantitative estimate of drug-likeness (QED) is 0.0272. The topological polar surface area (TPSA) is 117 Å². The Morgan fingerprint density at radius 2 is 0.981 bits per heavy atom. The number of phosphoric ester groups is 1. The van der Waals surface area contributed by atoms with E-state index in [1.807, 2.05) is 0 Å². The molecule has 0 amide bonds. The van der Waals surface area contributed by atoms with Gasteiger partial charge in [-0.15, -0.1) is 0 Å². The lowest BCUT2D eigenvalue weighted by atomic mass is 10.1. The number of ether oxygens (including phenoxy) is 2. The second-order valence-corrected chi connectivity index (χ2v) is 16.4. The minimum Gasteiger partial charge on any atom is -0.457 e. The van der Waals surface area contributed by atoms with Crippen LogP contribution in [-0.2, 0) is 27.9 Å². The van der Waals surface area contributed by atoms with Crippen LogP contribution < -0.4 is 5.73 Å². The molecule has 54 heavy (non-hydrogen) atoms. The van der Waals surface area contributed by atoms with Crippen LogP contribution in [-0.4, -0.2) is 49.9 Å². The number of phosphoric acid groups is 1. The number of nitrogens with two attached hydrogens (primary N) is 1. The molecule has 0 rings (SSSR count). The zero-order chi connectivity index (χ0) is 39.5. The maximum absolute atomic E-state index is 12.6. The maximum Gasteiger partial charge on any atom is 0.472 e. The van der Waals surface area contributed by atoms with Crippen LogP contribution in [0.5, 0.6) is 0 Å². The molecule has 0 saturated carbocycles. The van der Waals surface area contributed by atoms with Crippen LogP contribution >= 0.6 is 7.82 Å². The highest BCUT2D eigenvalue weighted by Gasteiger charge is 2.25. The van der Waals surface area contributed by atoms with Gasteiger partial charge in [-0.05, 0) is 70.6 Å². The molecule has 0 radical (unpaired) electrons. The zero-order valence-electron chi connectivity index (χ0n) is 35.2. The van der Waals surface area contributed by atoms with Crippen LogP contribution in [0.25, 0.3) is 0 Å². The molecule has 0 aromatic carbocycles. The summed E-state index contributed by atoms with van der Waals surface area (Å²) in [5.74, 6) is -0.340. The molecule has 3 N–H and O–H groups in total. The number of hydrogen-bond donors (Lipinski definition) is 2. The van der Waals surface area contributed by atoms with Crippen molar-refractivity contribution in [3.05, 3.63) is 36.5 Å². The van der Waals surface area contributed by atoms with Gasteiger partial charge in [-0.3, -0.25) is 13.8 Å². The van der Waals surface area contributed by atoms with Gasteiger partial charge in [0.15, 0.2) is 0 Å². The van der Waals surface area contributed by atoms with Crippen LogP contribution in [0.3, 0.4) is 0 Å². The summed E-state index contributed by atoms with van der Waals surface area (Å²) in [6.07, 6.45) is 48.8. The van der Waals surface area contributed by atoms with E-state index < -0.39 is 13.9 Å². The van der Waals surface area contributed by atoms with Gasteiger partial charge in [-0.1, -0.05) is 166 Å². The molecule has 0 heterocycles. The predicted molar refractivity (Wildman–Crippen MR) is 229 cm³/mol.